The molecule has 0 radical (unpaired) electrons. The van der Waals surface area contributed by atoms with Crippen LogP contribution in [0.25, 0.3) is 0 Å². The van der Waals surface area contributed by atoms with Crippen molar-refractivity contribution >= 4 is 17.7 Å². The van der Waals surface area contributed by atoms with Crippen molar-refractivity contribution in [3.63, 3.8) is 0 Å². The van der Waals surface area contributed by atoms with E-state index in [0.717, 1.165) is 5.69 Å². The van der Waals surface area contributed by atoms with Crippen molar-refractivity contribution in [3.05, 3.63) is 42.0 Å². The van der Waals surface area contributed by atoms with Gasteiger partial charge >= 0.3 is 6.09 Å². The van der Waals surface area contributed by atoms with Crippen LogP contribution in [-0.4, -0.2) is 42.6 Å². The molecule has 0 aliphatic carbocycles. The van der Waals surface area contributed by atoms with Crippen molar-refractivity contribution in [1.82, 2.24) is 4.90 Å². The molecule has 0 saturated heterocycles. The van der Waals surface area contributed by atoms with E-state index < -0.39 is 11.5 Å². The highest BCUT2D eigenvalue weighted by atomic mass is 16.6. The van der Waals surface area contributed by atoms with Crippen LogP contribution in [0.2, 0.25) is 0 Å². The average molecular weight is 319 g/mol. The first-order valence-corrected chi connectivity index (χ1v) is 7.42. The van der Waals surface area contributed by atoms with Gasteiger partial charge in [-0.2, -0.15) is 0 Å². The highest BCUT2D eigenvalue weighted by Crippen LogP contribution is 2.09. The van der Waals surface area contributed by atoms with Gasteiger partial charge < -0.3 is 20.7 Å². The number of anilines is 1. The summed E-state index contributed by atoms with van der Waals surface area (Å²) in [6.45, 7) is 6.58. The largest absolute Gasteiger partial charge is 0.444 e. The van der Waals surface area contributed by atoms with E-state index in [2.05, 4.69) is 5.32 Å². The van der Waals surface area contributed by atoms with Gasteiger partial charge in [0.2, 0.25) is 5.91 Å². The van der Waals surface area contributed by atoms with E-state index in [9.17, 15) is 9.59 Å². The summed E-state index contributed by atoms with van der Waals surface area (Å²) in [7, 11) is 1.69. The third kappa shape index (κ3) is 7.35. The van der Waals surface area contributed by atoms with Gasteiger partial charge in [-0.1, -0.05) is 12.2 Å². The van der Waals surface area contributed by atoms with Crippen molar-refractivity contribution in [2.45, 2.75) is 26.4 Å². The van der Waals surface area contributed by atoms with Gasteiger partial charge in [0.25, 0.3) is 0 Å². The number of likely N-dealkylation sites (N-methyl/N-ethyl adjacent to an activating group) is 1. The zero-order valence-corrected chi connectivity index (χ0v) is 14.1. The molecule has 0 fully saturated rings. The second-order valence-corrected chi connectivity index (χ2v) is 6.15. The van der Waals surface area contributed by atoms with Crippen LogP contribution in [0.15, 0.2) is 36.4 Å². The van der Waals surface area contributed by atoms with Crippen molar-refractivity contribution in [2.24, 2.45) is 5.73 Å². The minimum absolute atomic E-state index is 0.350. The van der Waals surface area contributed by atoms with Crippen molar-refractivity contribution < 1.29 is 14.3 Å². The molecule has 6 nitrogen and oxygen atoms in total. The zero-order valence-electron chi connectivity index (χ0n) is 14.1. The van der Waals surface area contributed by atoms with Crippen LogP contribution >= 0.6 is 0 Å². The summed E-state index contributed by atoms with van der Waals surface area (Å²) in [5, 5.41) is 3.18. The van der Waals surface area contributed by atoms with Crippen LogP contribution in [0.5, 0.6) is 0 Å². The highest BCUT2D eigenvalue weighted by Gasteiger charge is 2.18. The van der Waals surface area contributed by atoms with Crippen LogP contribution in [0.3, 0.4) is 0 Å². The predicted molar refractivity (Wildman–Crippen MR) is 91.5 cm³/mol. The van der Waals surface area contributed by atoms with Gasteiger partial charge in [-0.3, -0.25) is 4.79 Å². The lowest BCUT2D eigenvalue weighted by molar-refractivity contribution is 0.0317. The second-order valence-electron chi connectivity index (χ2n) is 6.15. The molecular formula is C17H25N3O3. The smallest absolute Gasteiger partial charge is 0.410 e. The van der Waals surface area contributed by atoms with Crippen molar-refractivity contribution in [1.29, 1.82) is 0 Å². The molecule has 23 heavy (non-hydrogen) atoms. The topological polar surface area (TPSA) is 84.7 Å². The standard InChI is InChI=1S/C17H25N3O3/c1-17(2,3)23-16(22)20(4)12-6-5-11-19-14-9-7-13(8-10-14)15(18)21/h5-10,19H,11-12H2,1-4H3,(H2,18,21)/b6-5+. The van der Waals surface area contributed by atoms with E-state index in [1.165, 1.54) is 4.90 Å². The molecule has 0 aliphatic heterocycles. The molecule has 0 heterocycles. The van der Waals surface area contributed by atoms with E-state index in [0.29, 0.717) is 18.7 Å². The summed E-state index contributed by atoms with van der Waals surface area (Å²) < 4.78 is 5.26. The Kier molecular flexibility index (Phi) is 6.63. The maximum absolute atomic E-state index is 11.7. The Labute approximate surface area is 137 Å². The molecule has 1 aromatic rings. The van der Waals surface area contributed by atoms with E-state index in [1.807, 2.05) is 32.9 Å². The number of carbonyl (C=O) groups excluding carboxylic acids is 2. The number of ether oxygens (including phenoxy) is 1. The number of rotatable bonds is 6. The number of nitrogens with two attached hydrogens (primary N) is 1. The van der Waals surface area contributed by atoms with Gasteiger partial charge in [-0.15, -0.1) is 0 Å². The molecule has 0 aromatic heterocycles. The summed E-state index contributed by atoms with van der Waals surface area (Å²) in [4.78, 5) is 24.2. The van der Waals surface area contributed by atoms with Crippen LogP contribution in [0.1, 0.15) is 31.1 Å². The highest BCUT2D eigenvalue weighted by molar-refractivity contribution is 5.93. The Morgan fingerprint density at radius 1 is 1.22 bits per heavy atom. The van der Waals surface area contributed by atoms with Crippen LogP contribution in [0, 0.1) is 0 Å². The van der Waals surface area contributed by atoms with E-state index >= 15 is 0 Å². The van der Waals surface area contributed by atoms with Gasteiger partial charge in [0.15, 0.2) is 0 Å². The van der Waals surface area contributed by atoms with Crippen LogP contribution < -0.4 is 11.1 Å². The SMILES string of the molecule is CN(C/C=C/CNc1ccc(C(N)=O)cc1)C(=O)OC(C)(C)C. The molecule has 6 heteroatoms. The Bertz CT molecular complexity index is 559. The third-order valence-electron chi connectivity index (χ3n) is 2.84. The predicted octanol–water partition coefficient (Wildman–Crippen LogP) is 2.62. The fraction of sp³-hybridized carbons (Fsp3) is 0.412. The Morgan fingerprint density at radius 3 is 2.35 bits per heavy atom. The second kappa shape index (κ2) is 8.22. The molecule has 0 aliphatic rings. The maximum Gasteiger partial charge on any atom is 0.410 e. The molecule has 0 atom stereocenters. The number of nitrogens with one attached hydrogen (secondary N) is 1. The molecule has 0 spiro atoms. The van der Waals surface area contributed by atoms with Gasteiger partial charge in [0.1, 0.15) is 5.60 Å². The van der Waals surface area contributed by atoms with Crippen LogP contribution in [-0.2, 0) is 4.74 Å². The number of hydrogen-bond acceptors (Lipinski definition) is 4. The Hall–Kier alpha value is -2.50. The average Bonchev–Trinajstić information content (AvgIpc) is 2.45. The molecule has 0 saturated carbocycles. The number of hydrogen-bond donors (Lipinski definition) is 2. The number of primary amides is 1. The lowest BCUT2D eigenvalue weighted by Crippen LogP contribution is -2.34. The van der Waals surface area contributed by atoms with E-state index in [-0.39, 0.29) is 6.09 Å². The fourth-order valence-electron chi connectivity index (χ4n) is 1.66. The molecule has 3 N–H and O–H groups in total. The normalized spacial score (nSPS) is 11.3. The first kappa shape index (κ1) is 18.5. The third-order valence-corrected chi connectivity index (χ3v) is 2.84. The Morgan fingerprint density at radius 2 is 1.83 bits per heavy atom. The summed E-state index contributed by atoms with van der Waals surface area (Å²) >= 11 is 0. The van der Waals surface area contributed by atoms with E-state index in [1.54, 1.807) is 31.3 Å². The molecule has 2 amide bonds. The summed E-state index contributed by atoms with van der Waals surface area (Å²) in [6.07, 6.45) is 3.45. The minimum Gasteiger partial charge on any atom is -0.444 e. The van der Waals surface area contributed by atoms with Gasteiger partial charge in [-0.05, 0) is 45.0 Å². The minimum atomic E-state index is -0.492. The van der Waals surface area contributed by atoms with Gasteiger partial charge in [0, 0.05) is 31.4 Å². The zero-order chi connectivity index (χ0) is 17.5. The molecule has 0 unspecified atom stereocenters. The summed E-state index contributed by atoms with van der Waals surface area (Å²) in [6, 6.07) is 6.93. The summed E-state index contributed by atoms with van der Waals surface area (Å²) in [5.41, 5.74) is 6.06. The Balaban J connectivity index is 2.34. The number of benzene rings is 1. The lowest BCUT2D eigenvalue weighted by Gasteiger charge is -2.23. The van der Waals surface area contributed by atoms with Crippen molar-refractivity contribution in [3.8, 4) is 0 Å². The van der Waals surface area contributed by atoms with Gasteiger partial charge in [0.05, 0.1) is 0 Å². The molecule has 1 rings (SSSR count). The number of nitrogens with zero attached hydrogens (tertiary/aromatic N) is 1. The molecular weight excluding hydrogens is 294 g/mol. The van der Waals surface area contributed by atoms with Gasteiger partial charge in [-0.25, -0.2) is 4.79 Å². The van der Waals surface area contributed by atoms with Crippen LogP contribution in [0.4, 0.5) is 10.5 Å². The fourth-order valence-corrected chi connectivity index (χ4v) is 1.66. The first-order valence-electron chi connectivity index (χ1n) is 7.42. The van der Waals surface area contributed by atoms with Crippen molar-refractivity contribution in [2.75, 3.05) is 25.5 Å². The summed E-state index contributed by atoms with van der Waals surface area (Å²) in [5.74, 6) is -0.443. The lowest BCUT2D eigenvalue weighted by atomic mass is 10.2. The maximum atomic E-state index is 11.7. The molecule has 0 bridgehead atoms. The quantitative estimate of drug-likeness (QED) is 0.789. The van der Waals surface area contributed by atoms with E-state index in [4.69, 9.17) is 10.5 Å². The molecule has 1 aromatic carbocycles. The monoisotopic (exact) mass is 319 g/mol. The first-order chi connectivity index (χ1) is 10.7. The number of amides is 2. The number of carbonyl (C=O) groups is 2. The molecule has 126 valence electrons.